The summed E-state index contributed by atoms with van der Waals surface area (Å²) < 4.78 is 0. The van der Waals surface area contributed by atoms with E-state index in [1.807, 2.05) is 18.2 Å². The molecule has 0 saturated heterocycles. The van der Waals surface area contributed by atoms with Crippen molar-refractivity contribution in [1.82, 2.24) is 5.32 Å². The number of aliphatic hydroxyl groups excluding tert-OH is 1. The van der Waals surface area contributed by atoms with Crippen LogP contribution in [-0.2, 0) is 11.2 Å². The van der Waals surface area contributed by atoms with Crippen molar-refractivity contribution in [2.45, 2.75) is 18.8 Å². The number of carbonyl (C=O) groups excluding carboxylic acids is 1. The van der Waals surface area contributed by atoms with Gasteiger partial charge in [0.1, 0.15) is 0 Å². The fraction of sp³-hybridized carbons (Fsp3) is 0.308. The minimum absolute atomic E-state index is 0.0288. The average Bonchev–Trinajstić information content (AvgIpc) is 2.74. The first kappa shape index (κ1) is 10.7. The van der Waals surface area contributed by atoms with Crippen LogP contribution in [0.2, 0.25) is 0 Å². The summed E-state index contributed by atoms with van der Waals surface area (Å²) in [6.45, 7) is 0. The molecule has 0 fully saturated rings. The lowest BCUT2D eigenvalue weighted by atomic mass is 9.93. The van der Waals surface area contributed by atoms with Crippen LogP contribution >= 0.6 is 0 Å². The van der Waals surface area contributed by atoms with Gasteiger partial charge in [0.2, 0.25) is 0 Å². The Morgan fingerprint density at radius 2 is 2.25 bits per heavy atom. The number of aliphatic hydroxyl groups is 1. The summed E-state index contributed by atoms with van der Waals surface area (Å²) in [6.07, 6.45) is 2.79. The van der Waals surface area contributed by atoms with Crippen molar-refractivity contribution in [2.24, 2.45) is 0 Å². The van der Waals surface area contributed by atoms with Crippen LogP contribution < -0.4 is 5.32 Å². The molecule has 0 saturated carbocycles. The van der Waals surface area contributed by atoms with E-state index < -0.39 is 0 Å². The molecule has 1 aromatic carbocycles. The fourth-order valence-electron chi connectivity index (χ4n) is 2.33. The van der Waals surface area contributed by atoms with Crippen LogP contribution in [0.3, 0.4) is 0 Å². The zero-order valence-corrected chi connectivity index (χ0v) is 9.23. The number of rotatable bonds is 2. The zero-order valence-electron chi connectivity index (χ0n) is 9.23. The van der Waals surface area contributed by atoms with Gasteiger partial charge in [-0.25, -0.2) is 0 Å². The van der Waals surface area contributed by atoms with Crippen LogP contribution in [0.5, 0.6) is 0 Å². The Morgan fingerprint density at radius 3 is 2.94 bits per heavy atom. The van der Waals surface area contributed by atoms with Crippen LogP contribution in [0.25, 0.3) is 0 Å². The monoisotopic (exact) mass is 217 g/mol. The van der Waals surface area contributed by atoms with Gasteiger partial charge < -0.3 is 10.4 Å². The minimum Gasteiger partial charge on any atom is -0.515 e. The first-order valence-corrected chi connectivity index (χ1v) is 5.42. The molecule has 1 aromatic rings. The number of nitrogens with one attached hydrogen (secondary N) is 1. The molecule has 0 radical (unpaired) electrons. The van der Waals surface area contributed by atoms with Crippen molar-refractivity contribution in [2.75, 3.05) is 7.05 Å². The highest BCUT2D eigenvalue weighted by Gasteiger charge is 2.28. The van der Waals surface area contributed by atoms with Crippen LogP contribution in [-0.4, -0.2) is 18.1 Å². The normalized spacial score (nSPS) is 19.3. The molecule has 1 atom stereocenters. The molecule has 3 nitrogen and oxygen atoms in total. The van der Waals surface area contributed by atoms with Gasteiger partial charge in [-0.1, -0.05) is 24.3 Å². The molecule has 0 heterocycles. The molecule has 3 heteroatoms. The number of fused-ring (bicyclic) bond motifs is 1. The second-order valence-corrected chi connectivity index (χ2v) is 3.95. The molecule has 1 amide bonds. The summed E-state index contributed by atoms with van der Waals surface area (Å²) in [4.78, 5) is 11.6. The lowest BCUT2D eigenvalue weighted by molar-refractivity contribution is -0.117. The van der Waals surface area contributed by atoms with Crippen LogP contribution in [0.15, 0.2) is 36.1 Å². The molecular formula is C13H15NO2. The van der Waals surface area contributed by atoms with Gasteiger partial charge in [0, 0.05) is 13.0 Å². The Hall–Kier alpha value is -1.77. The van der Waals surface area contributed by atoms with E-state index in [-0.39, 0.29) is 11.8 Å². The maximum Gasteiger partial charge on any atom is 0.250 e. The van der Waals surface area contributed by atoms with Gasteiger partial charge in [-0.3, -0.25) is 4.79 Å². The van der Waals surface area contributed by atoms with E-state index in [1.165, 1.54) is 5.56 Å². The number of hydrogen-bond donors (Lipinski definition) is 2. The van der Waals surface area contributed by atoms with Crippen LogP contribution in [0, 0.1) is 0 Å². The largest absolute Gasteiger partial charge is 0.515 e. The number of hydrogen-bond acceptors (Lipinski definition) is 2. The second kappa shape index (κ2) is 4.39. The Morgan fingerprint density at radius 1 is 1.50 bits per heavy atom. The van der Waals surface area contributed by atoms with Crippen LogP contribution in [0.4, 0.5) is 0 Å². The van der Waals surface area contributed by atoms with Crippen LogP contribution in [0.1, 0.15) is 23.5 Å². The quantitative estimate of drug-likeness (QED) is 0.587. The van der Waals surface area contributed by atoms with Crippen molar-refractivity contribution >= 4 is 5.91 Å². The van der Waals surface area contributed by atoms with Gasteiger partial charge in [0.15, 0.2) is 0 Å². The summed E-state index contributed by atoms with van der Waals surface area (Å²) in [5.41, 5.74) is 2.88. The molecule has 2 N–H and O–H groups in total. The Kier molecular flexibility index (Phi) is 2.95. The molecule has 1 aliphatic carbocycles. The number of carbonyl (C=O) groups is 1. The van der Waals surface area contributed by atoms with Gasteiger partial charge in [-0.05, 0) is 24.0 Å². The van der Waals surface area contributed by atoms with Crippen molar-refractivity contribution in [3.63, 3.8) is 0 Å². The molecule has 0 spiro atoms. The predicted octanol–water partition coefficient (Wildman–Crippen LogP) is 1.90. The topological polar surface area (TPSA) is 49.3 Å². The number of benzene rings is 1. The van der Waals surface area contributed by atoms with Crippen molar-refractivity contribution < 1.29 is 9.90 Å². The van der Waals surface area contributed by atoms with E-state index in [0.717, 1.165) is 24.7 Å². The highest BCUT2D eigenvalue weighted by atomic mass is 16.2. The smallest absolute Gasteiger partial charge is 0.250 e. The van der Waals surface area contributed by atoms with Gasteiger partial charge in [0.05, 0.1) is 11.8 Å². The Balaban J connectivity index is 2.34. The molecule has 0 aliphatic heterocycles. The number of likely N-dealkylation sites (N-methyl/N-ethyl adjacent to an activating group) is 1. The van der Waals surface area contributed by atoms with Gasteiger partial charge in [0.25, 0.3) is 5.91 Å². The molecule has 1 unspecified atom stereocenters. The van der Waals surface area contributed by atoms with Crippen molar-refractivity contribution in [3.05, 3.63) is 47.2 Å². The summed E-state index contributed by atoms with van der Waals surface area (Å²) in [5, 5.41) is 11.7. The highest BCUT2D eigenvalue weighted by molar-refractivity contribution is 5.94. The third-order valence-corrected chi connectivity index (χ3v) is 3.14. The Bertz CT molecular complexity index is 437. The van der Waals surface area contributed by atoms with Crippen molar-refractivity contribution in [3.8, 4) is 0 Å². The molecule has 0 bridgehead atoms. The summed E-state index contributed by atoms with van der Waals surface area (Å²) in [7, 11) is 1.58. The predicted molar refractivity (Wildman–Crippen MR) is 62.3 cm³/mol. The first-order chi connectivity index (χ1) is 7.77. The van der Waals surface area contributed by atoms with E-state index >= 15 is 0 Å². The molecule has 2 rings (SSSR count). The van der Waals surface area contributed by atoms with E-state index in [4.69, 9.17) is 0 Å². The molecule has 16 heavy (non-hydrogen) atoms. The van der Waals surface area contributed by atoms with E-state index in [1.54, 1.807) is 7.05 Å². The highest BCUT2D eigenvalue weighted by Crippen LogP contribution is 2.37. The average molecular weight is 217 g/mol. The molecule has 84 valence electrons. The lowest BCUT2D eigenvalue weighted by Gasteiger charge is -2.13. The maximum atomic E-state index is 11.6. The summed E-state index contributed by atoms with van der Waals surface area (Å²) in [5.74, 6) is -0.176. The molecule has 1 aliphatic rings. The van der Waals surface area contributed by atoms with Gasteiger partial charge in [-0.2, -0.15) is 0 Å². The molecular weight excluding hydrogens is 202 g/mol. The molecule has 0 aromatic heterocycles. The van der Waals surface area contributed by atoms with E-state index in [0.29, 0.717) is 5.57 Å². The first-order valence-electron chi connectivity index (χ1n) is 5.42. The number of amides is 1. The van der Waals surface area contributed by atoms with E-state index in [2.05, 4.69) is 11.4 Å². The standard InChI is InChI=1S/C13H15NO2/c1-14-13(16)12(8-15)11-7-6-9-4-2-3-5-10(9)11/h2-5,8,11,15H,6-7H2,1H3,(H,14,16)/b12-8+. The third-order valence-electron chi connectivity index (χ3n) is 3.14. The Labute approximate surface area is 94.8 Å². The van der Waals surface area contributed by atoms with Gasteiger partial charge >= 0.3 is 0 Å². The minimum atomic E-state index is -0.204. The maximum absolute atomic E-state index is 11.6. The zero-order chi connectivity index (χ0) is 11.5. The fourth-order valence-corrected chi connectivity index (χ4v) is 2.33. The summed E-state index contributed by atoms with van der Waals surface area (Å²) >= 11 is 0. The lowest BCUT2D eigenvalue weighted by Crippen LogP contribution is -2.23. The van der Waals surface area contributed by atoms with Gasteiger partial charge in [-0.15, -0.1) is 0 Å². The SMILES string of the molecule is CNC(=O)/C(=C/O)C1CCc2ccccc21. The van der Waals surface area contributed by atoms with Crippen molar-refractivity contribution in [1.29, 1.82) is 0 Å². The summed E-state index contributed by atoms with van der Waals surface area (Å²) in [6, 6.07) is 8.08. The third kappa shape index (κ3) is 1.69. The second-order valence-electron chi connectivity index (χ2n) is 3.95. The van der Waals surface area contributed by atoms with E-state index in [9.17, 15) is 9.90 Å². The number of aryl methyl sites for hydroxylation is 1.